The minimum atomic E-state index is 0.573. The summed E-state index contributed by atoms with van der Waals surface area (Å²) in [6, 6.07) is 55.5. The summed E-state index contributed by atoms with van der Waals surface area (Å²) in [7, 11) is 0. The van der Waals surface area contributed by atoms with Gasteiger partial charge in [-0.15, -0.1) is 11.3 Å². The molecule has 4 heterocycles. The molecule has 0 saturated heterocycles. The predicted octanol–water partition coefficient (Wildman–Crippen LogP) is 12.2. The lowest BCUT2D eigenvalue weighted by Crippen LogP contribution is -1.97. The highest BCUT2D eigenvalue weighted by atomic mass is 32.1. The highest BCUT2D eigenvalue weighted by Gasteiger charge is 2.18. The number of pyridine rings is 1. The Bertz CT molecular complexity index is 3040. The summed E-state index contributed by atoms with van der Waals surface area (Å²) in [5.41, 5.74) is 11.5. The molecule has 0 unspecified atom stereocenters. The van der Waals surface area contributed by atoms with Gasteiger partial charge in [0.25, 0.3) is 0 Å². The number of aromatic nitrogens is 3. The number of amidine groups is 1. The molecule has 0 radical (unpaired) electrons. The molecule has 0 amide bonds. The minimum Gasteiger partial charge on any atom is -0.309 e. The number of para-hydroxylation sites is 4. The molecule has 6 aromatic carbocycles. The van der Waals surface area contributed by atoms with Crippen LogP contribution in [0.4, 0.5) is 5.69 Å². The van der Waals surface area contributed by atoms with Crippen molar-refractivity contribution < 1.29 is 0 Å². The Morgan fingerprint density at radius 1 is 0.577 bits per heavy atom. The van der Waals surface area contributed by atoms with E-state index in [2.05, 4.69) is 179 Å². The van der Waals surface area contributed by atoms with Crippen LogP contribution in [0.15, 0.2) is 168 Å². The summed E-state index contributed by atoms with van der Waals surface area (Å²) in [6.45, 7) is 6.06. The molecule has 0 bridgehead atoms. The SMILES string of the molecule is C=N/C(=N\c1c(C)sc2ccc(-c3ccc4c(c3)c3ccccc3n4-c3ccccc3)nc12)c1ccc2c(c1)c1ccccc1n2-c1ccccc1. The minimum absolute atomic E-state index is 0.573. The van der Waals surface area contributed by atoms with Crippen LogP contribution in [-0.2, 0) is 0 Å². The Labute approximate surface area is 304 Å². The highest BCUT2D eigenvalue weighted by molar-refractivity contribution is 7.19. The Morgan fingerprint density at radius 2 is 1.13 bits per heavy atom. The van der Waals surface area contributed by atoms with E-state index in [1.807, 2.05) is 6.07 Å². The van der Waals surface area contributed by atoms with E-state index in [0.29, 0.717) is 5.84 Å². The second kappa shape index (κ2) is 12.0. The quantitative estimate of drug-likeness (QED) is 0.131. The zero-order valence-electron chi connectivity index (χ0n) is 28.4. The van der Waals surface area contributed by atoms with E-state index in [9.17, 15) is 0 Å². The lowest BCUT2D eigenvalue weighted by atomic mass is 10.1. The average Bonchev–Trinajstić information content (AvgIpc) is 3.83. The van der Waals surface area contributed by atoms with Crippen LogP contribution in [-0.4, -0.2) is 26.7 Å². The third-order valence-corrected chi connectivity index (χ3v) is 11.0. The lowest BCUT2D eigenvalue weighted by molar-refractivity contribution is 1.18. The molecule has 0 saturated carbocycles. The topological polar surface area (TPSA) is 47.5 Å². The summed E-state index contributed by atoms with van der Waals surface area (Å²) in [6.07, 6.45) is 0. The molecule has 10 rings (SSSR count). The molecule has 0 aliphatic carbocycles. The molecule has 52 heavy (non-hydrogen) atoms. The maximum atomic E-state index is 5.26. The van der Waals surface area contributed by atoms with Gasteiger partial charge in [0.15, 0.2) is 5.84 Å². The lowest BCUT2D eigenvalue weighted by Gasteiger charge is -2.08. The average molecular weight is 686 g/mol. The molecule has 4 aromatic heterocycles. The second-order valence-electron chi connectivity index (χ2n) is 13.0. The number of fused-ring (bicyclic) bond motifs is 7. The Balaban J connectivity index is 1.09. The van der Waals surface area contributed by atoms with E-state index in [-0.39, 0.29) is 0 Å². The van der Waals surface area contributed by atoms with Crippen LogP contribution in [0, 0.1) is 6.92 Å². The summed E-state index contributed by atoms with van der Waals surface area (Å²) in [4.78, 5) is 16.0. The van der Waals surface area contributed by atoms with E-state index >= 15 is 0 Å². The zero-order valence-corrected chi connectivity index (χ0v) is 29.2. The first-order valence-electron chi connectivity index (χ1n) is 17.3. The molecule has 5 nitrogen and oxygen atoms in total. The van der Waals surface area contributed by atoms with Gasteiger partial charge in [-0.3, -0.25) is 0 Å². The van der Waals surface area contributed by atoms with E-state index < -0.39 is 0 Å². The number of thiophene rings is 1. The maximum absolute atomic E-state index is 5.26. The molecule has 10 aromatic rings. The molecular formula is C46H31N5S. The summed E-state index contributed by atoms with van der Waals surface area (Å²) >= 11 is 1.70. The molecule has 0 N–H and O–H groups in total. The molecule has 6 heteroatoms. The van der Waals surface area contributed by atoms with Gasteiger partial charge in [0.1, 0.15) is 11.2 Å². The number of nitrogens with zero attached hydrogens (tertiary/aromatic N) is 5. The van der Waals surface area contributed by atoms with Crippen molar-refractivity contribution in [3.8, 4) is 22.6 Å². The molecule has 0 fully saturated rings. The first-order valence-corrected chi connectivity index (χ1v) is 18.1. The van der Waals surface area contributed by atoms with Gasteiger partial charge in [0.2, 0.25) is 0 Å². The van der Waals surface area contributed by atoms with Gasteiger partial charge in [-0.05, 0) is 92.5 Å². The third kappa shape index (κ3) is 4.72. The van der Waals surface area contributed by atoms with Crippen molar-refractivity contribution >= 4 is 83.4 Å². The fraction of sp³-hybridized carbons (Fsp3) is 0.0217. The Morgan fingerprint density at radius 3 is 1.77 bits per heavy atom. The smallest absolute Gasteiger partial charge is 0.159 e. The van der Waals surface area contributed by atoms with Gasteiger partial charge < -0.3 is 9.13 Å². The van der Waals surface area contributed by atoms with Crippen LogP contribution >= 0.6 is 11.3 Å². The number of aryl methyl sites for hydroxylation is 1. The van der Waals surface area contributed by atoms with E-state index in [4.69, 9.17) is 9.98 Å². The van der Waals surface area contributed by atoms with E-state index in [1.165, 1.54) is 27.2 Å². The van der Waals surface area contributed by atoms with Crippen molar-refractivity contribution in [3.63, 3.8) is 0 Å². The summed E-state index contributed by atoms with van der Waals surface area (Å²) in [5, 5.41) is 4.73. The molecule has 0 atom stereocenters. The third-order valence-electron chi connectivity index (χ3n) is 9.97. The Kier molecular flexibility index (Phi) is 6.98. The maximum Gasteiger partial charge on any atom is 0.159 e. The van der Waals surface area contributed by atoms with E-state index in [1.54, 1.807) is 11.3 Å². The van der Waals surface area contributed by atoms with Crippen molar-refractivity contribution in [3.05, 3.63) is 168 Å². The molecule has 246 valence electrons. The first-order chi connectivity index (χ1) is 25.7. The fourth-order valence-corrected chi connectivity index (χ4v) is 8.57. The highest BCUT2D eigenvalue weighted by Crippen LogP contribution is 2.40. The van der Waals surface area contributed by atoms with Crippen LogP contribution in [0.2, 0.25) is 0 Å². The van der Waals surface area contributed by atoms with Crippen LogP contribution in [0.25, 0.3) is 76.5 Å². The van der Waals surface area contributed by atoms with Gasteiger partial charge in [-0.1, -0.05) is 78.9 Å². The standard InChI is InChI=1S/C46H31N5S/c1-29-44(49-46(47-2)31-22-25-42-37(28-31)35-18-10-12-20-40(35)51(42)33-15-7-4-8-16-33)45-43(52-29)26-23-38(48-45)30-21-24-41-36(27-30)34-17-9-11-19-39(34)50(41)32-13-5-3-6-14-32/h3-28H,2H2,1H3/b49-46-. The second-order valence-corrected chi connectivity index (χ2v) is 14.2. The fourth-order valence-electron chi connectivity index (χ4n) is 7.62. The number of benzene rings is 6. The number of rotatable bonds is 5. The monoisotopic (exact) mass is 685 g/mol. The first kappa shape index (κ1) is 30.2. The van der Waals surface area contributed by atoms with Crippen LogP contribution in [0.5, 0.6) is 0 Å². The number of hydrogen-bond acceptors (Lipinski definition) is 3. The van der Waals surface area contributed by atoms with Gasteiger partial charge in [-0.2, -0.15) is 0 Å². The normalized spacial score (nSPS) is 12.1. The van der Waals surface area contributed by atoms with Gasteiger partial charge in [0, 0.05) is 48.9 Å². The zero-order chi connectivity index (χ0) is 34.8. The summed E-state index contributed by atoms with van der Waals surface area (Å²) in [5.74, 6) is 0.573. The van der Waals surface area contributed by atoms with Crippen molar-refractivity contribution in [1.29, 1.82) is 0 Å². The van der Waals surface area contributed by atoms with Crippen LogP contribution in [0.3, 0.4) is 0 Å². The van der Waals surface area contributed by atoms with Gasteiger partial charge in [-0.25, -0.2) is 15.0 Å². The Hall–Kier alpha value is -6.63. The predicted molar refractivity (Wildman–Crippen MR) is 221 cm³/mol. The van der Waals surface area contributed by atoms with Crippen molar-refractivity contribution in [2.24, 2.45) is 9.98 Å². The van der Waals surface area contributed by atoms with Crippen LogP contribution in [0.1, 0.15) is 10.4 Å². The van der Waals surface area contributed by atoms with Crippen molar-refractivity contribution in [2.45, 2.75) is 6.92 Å². The van der Waals surface area contributed by atoms with Gasteiger partial charge >= 0.3 is 0 Å². The molecule has 0 aliphatic rings. The van der Waals surface area contributed by atoms with Gasteiger partial charge in [0.05, 0.1) is 32.5 Å². The largest absolute Gasteiger partial charge is 0.309 e. The van der Waals surface area contributed by atoms with Crippen LogP contribution < -0.4 is 0 Å². The number of aliphatic imine (C=N–C) groups is 2. The molecule has 0 aliphatic heterocycles. The molecule has 0 spiro atoms. The van der Waals surface area contributed by atoms with Crippen molar-refractivity contribution in [2.75, 3.05) is 0 Å². The van der Waals surface area contributed by atoms with Crippen molar-refractivity contribution in [1.82, 2.24) is 14.1 Å². The van der Waals surface area contributed by atoms with E-state index in [0.717, 1.165) is 65.4 Å². The summed E-state index contributed by atoms with van der Waals surface area (Å²) < 4.78 is 5.73. The molecular weight excluding hydrogens is 655 g/mol. The number of hydrogen-bond donors (Lipinski definition) is 0.